The standard InChI is InChI=1S/C7H4BClF3O/c9-7-2-5(4-13)1-6(3-7)8(10,11)12/h1-4H/q-1. The molecule has 0 aliphatic carbocycles. The van der Waals surface area contributed by atoms with Crippen molar-refractivity contribution in [2.24, 2.45) is 0 Å². The Morgan fingerprint density at radius 1 is 1.23 bits per heavy atom. The highest BCUT2D eigenvalue weighted by molar-refractivity contribution is 6.73. The second-order valence-electron chi connectivity index (χ2n) is 2.51. The third kappa shape index (κ3) is 2.49. The van der Waals surface area contributed by atoms with Crippen LogP contribution in [0.3, 0.4) is 0 Å². The van der Waals surface area contributed by atoms with Crippen LogP contribution in [-0.2, 0) is 0 Å². The van der Waals surface area contributed by atoms with Gasteiger partial charge in [-0.15, -0.1) is 5.46 Å². The van der Waals surface area contributed by atoms with Crippen molar-refractivity contribution in [1.29, 1.82) is 0 Å². The number of carbonyl (C=O) groups excluding carboxylic acids is 1. The van der Waals surface area contributed by atoms with E-state index in [0.717, 1.165) is 12.1 Å². The molecule has 13 heavy (non-hydrogen) atoms. The molecule has 0 bridgehead atoms. The molecular formula is C7H4BClF3O-. The van der Waals surface area contributed by atoms with Gasteiger partial charge in [0.1, 0.15) is 6.29 Å². The second kappa shape index (κ2) is 3.42. The van der Waals surface area contributed by atoms with Gasteiger partial charge in [0.25, 0.3) is 0 Å². The van der Waals surface area contributed by atoms with E-state index in [1.54, 1.807) is 0 Å². The van der Waals surface area contributed by atoms with Crippen molar-refractivity contribution in [2.45, 2.75) is 0 Å². The number of hydrogen-bond donors (Lipinski definition) is 0. The van der Waals surface area contributed by atoms with Gasteiger partial charge in [-0.05, 0) is 6.07 Å². The number of benzene rings is 1. The molecule has 0 heterocycles. The minimum Gasteiger partial charge on any atom is -0.445 e. The van der Waals surface area contributed by atoms with Gasteiger partial charge in [0.2, 0.25) is 0 Å². The molecular weight excluding hydrogens is 203 g/mol. The fourth-order valence-corrected chi connectivity index (χ4v) is 1.14. The number of carbonyl (C=O) groups is 1. The first-order chi connectivity index (χ1) is 5.93. The molecule has 0 aliphatic rings. The van der Waals surface area contributed by atoms with Crippen LogP contribution in [0.4, 0.5) is 12.9 Å². The van der Waals surface area contributed by atoms with Gasteiger partial charge in [0.15, 0.2) is 0 Å². The van der Waals surface area contributed by atoms with Crippen LogP contribution in [0.5, 0.6) is 0 Å². The summed E-state index contributed by atoms with van der Waals surface area (Å²) < 4.78 is 36.5. The van der Waals surface area contributed by atoms with E-state index >= 15 is 0 Å². The van der Waals surface area contributed by atoms with Crippen LogP contribution in [0.2, 0.25) is 5.02 Å². The lowest BCUT2D eigenvalue weighted by molar-refractivity contribution is 0.112. The van der Waals surface area contributed by atoms with Crippen molar-refractivity contribution in [2.75, 3.05) is 0 Å². The van der Waals surface area contributed by atoms with Gasteiger partial charge < -0.3 is 12.9 Å². The van der Waals surface area contributed by atoms with Crippen LogP contribution >= 0.6 is 11.6 Å². The van der Waals surface area contributed by atoms with E-state index in [2.05, 4.69) is 0 Å². The second-order valence-corrected chi connectivity index (χ2v) is 2.95. The largest absolute Gasteiger partial charge is 0.509 e. The summed E-state index contributed by atoms with van der Waals surface area (Å²) in [5, 5.41) is -0.0844. The first-order valence-corrected chi connectivity index (χ1v) is 3.77. The molecule has 0 amide bonds. The molecule has 1 aromatic carbocycles. The third-order valence-electron chi connectivity index (χ3n) is 1.46. The molecule has 6 heteroatoms. The summed E-state index contributed by atoms with van der Waals surface area (Å²) in [7, 11) is 0. The lowest BCUT2D eigenvalue weighted by atomic mass is 9.79. The topological polar surface area (TPSA) is 17.1 Å². The van der Waals surface area contributed by atoms with Crippen LogP contribution in [-0.4, -0.2) is 13.3 Å². The molecule has 1 rings (SSSR count). The molecule has 0 unspecified atom stereocenters. The van der Waals surface area contributed by atoms with E-state index in [0.29, 0.717) is 6.29 Å². The highest BCUT2D eigenvalue weighted by atomic mass is 35.5. The maximum atomic E-state index is 12.2. The zero-order valence-electron chi connectivity index (χ0n) is 6.31. The molecule has 1 nitrogen and oxygen atoms in total. The SMILES string of the molecule is O=Cc1cc(Cl)cc([B-](F)(F)F)c1. The average molecular weight is 207 g/mol. The van der Waals surface area contributed by atoms with Gasteiger partial charge in [0, 0.05) is 10.6 Å². The van der Waals surface area contributed by atoms with E-state index < -0.39 is 12.4 Å². The van der Waals surface area contributed by atoms with E-state index in [1.165, 1.54) is 6.07 Å². The minimum atomic E-state index is -5.09. The molecule has 0 atom stereocenters. The zero-order valence-corrected chi connectivity index (χ0v) is 7.06. The molecule has 0 saturated carbocycles. The molecule has 0 fully saturated rings. The number of aldehydes is 1. The monoisotopic (exact) mass is 207 g/mol. The Kier molecular flexibility index (Phi) is 2.66. The maximum Gasteiger partial charge on any atom is 0.509 e. The Hall–Kier alpha value is -0.965. The quantitative estimate of drug-likeness (QED) is 0.537. The Labute approximate surface area is 77.6 Å². The third-order valence-corrected chi connectivity index (χ3v) is 1.67. The number of halogens is 4. The predicted octanol–water partition coefficient (Wildman–Crippen LogP) is 2.21. The molecule has 0 saturated heterocycles. The van der Waals surface area contributed by atoms with Gasteiger partial charge in [0.05, 0.1) is 0 Å². The van der Waals surface area contributed by atoms with E-state index in [9.17, 15) is 17.7 Å². The van der Waals surface area contributed by atoms with E-state index in [4.69, 9.17) is 11.6 Å². The summed E-state index contributed by atoms with van der Waals surface area (Å²) in [5.74, 6) is 0. The number of rotatable bonds is 2. The van der Waals surface area contributed by atoms with Crippen molar-refractivity contribution in [1.82, 2.24) is 0 Å². The molecule has 0 N–H and O–H groups in total. The van der Waals surface area contributed by atoms with Crippen LogP contribution in [0, 0.1) is 0 Å². The summed E-state index contributed by atoms with van der Waals surface area (Å²) >= 11 is 5.39. The molecule has 0 aliphatic heterocycles. The van der Waals surface area contributed by atoms with Crippen LogP contribution in [0.25, 0.3) is 0 Å². The lowest BCUT2D eigenvalue weighted by Crippen LogP contribution is -2.34. The Bertz CT molecular complexity index is 337. The minimum absolute atomic E-state index is 0.0679. The highest BCUT2D eigenvalue weighted by Gasteiger charge is 2.25. The highest BCUT2D eigenvalue weighted by Crippen LogP contribution is 2.14. The van der Waals surface area contributed by atoms with Crippen LogP contribution < -0.4 is 5.46 Å². The fraction of sp³-hybridized carbons (Fsp3) is 0. The van der Waals surface area contributed by atoms with Crippen LogP contribution in [0.1, 0.15) is 10.4 Å². The lowest BCUT2D eigenvalue weighted by Gasteiger charge is -2.15. The first-order valence-electron chi connectivity index (χ1n) is 3.39. The Morgan fingerprint density at radius 2 is 1.85 bits per heavy atom. The average Bonchev–Trinajstić information content (AvgIpc) is 2.01. The molecule has 70 valence electrons. The molecule has 0 radical (unpaired) electrons. The van der Waals surface area contributed by atoms with Crippen LogP contribution in [0.15, 0.2) is 18.2 Å². The van der Waals surface area contributed by atoms with Crippen molar-refractivity contribution < 1.29 is 17.7 Å². The van der Waals surface area contributed by atoms with Gasteiger partial charge in [-0.3, -0.25) is 4.79 Å². The summed E-state index contributed by atoms with van der Waals surface area (Å²) in [6.45, 7) is -5.09. The first kappa shape index (κ1) is 10.1. The van der Waals surface area contributed by atoms with Crippen molar-refractivity contribution in [3.05, 3.63) is 28.8 Å². The molecule has 0 aromatic heterocycles. The van der Waals surface area contributed by atoms with E-state index in [1.807, 2.05) is 0 Å². The predicted molar refractivity (Wildman–Crippen MR) is 45.6 cm³/mol. The van der Waals surface area contributed by atoms with Gasteiger partial charge in [-0.25, -0.2) is 0 Å². The molecule has 0 spiro atoms. The van der Waals surface area contributed by atoms with Gasteiger partial charge in [-0.2, -0.15) is 0 Å². The maximum absolute atomic E-state index is 12.2. The summed E-state index contributed by atoms with van der Waals surface area (Å²) in [6, 6.07) is 2.76. The van der Waals surface area contributed by atoms with Crippen molar-refractivity contribution in [3.63, 3.8) is 0 Å². The Balaban J connectivity index is 3.24. The smallest absolute Gasteiger partial charge is 0.445 e. The summed E-state index contributed by atoms with van der Waals surface area (Å²) in [5.41, 5.74) is -0.920. The summed E-state index contributed by atoms with van der Waals surface area (Å²) in [6.07, 6.45) is 0.331. The number of hydrogen-bond acceptors (Lipinski definition) is 1. The van der Waals surface area contributed by atoms with Gasteiger partial charge >= 0.3 is 6.98 Å². The summed E-state index contributed by atoms with van der Waals surface area (Å²) in [4.78, 5) is 10.2. The molecule has 1 aromatic rings. The van der Waals surface area contributed by atoms with Crippen molar-refractivity contribution in [3.8, 4) is 0 Å². The normalized spacial score (nSPS) is 11.4. The van der Waals surface area contributed by atoms with E-state index in [-0.39, 0.29) is 10.6 Å². The van der Waals surface area contributed by atoms with Crippen molar-refractivity contribution >= 4 is 30.3 Å². The Morgan fingerprint density at radius 3 is 2.31 bits per heavy atom. The van der Waals surface area contributed by atoms with Gasteiger partial charge in [-0.1, -0.05) is 23.7 Å². The zero-order chi connectivity index (χ0) is 10.1. The fourth-order valence-electron chi connectivity index (χ4n) is 0.893.